The molecule has 0 amide bonds. The van der Waals surface area contributed by atoms with Crippen molar-refractivity contribution in [3.05, 3.63) is 11.9 Å². The first-order valence-corrected chi connectivity index (χ1v) is 7.47. The molecule has 1 aliphatic heterocycles. The molecule has 2 rings (SSSR count). The predicted molar refractivity (Wildman–Crippen MR) is 76.7 cm³/mol. The van der Waals surface area contributed by atoms with E-state index >= 15 is 0 Å². The first-order valence-electron chi connectivity index (χ1n) is 6.32. The summed E-state index contributed by atoms with van der Waals surface area (Å²) in [6, 6.07) is 0. The molecule has 20 heavy (non-hydrogen) atoms. The lowest BCUT2D eigenvalue weighted by molar-refractivity contribution is 0.0594. The molecule has 0 aliphatic carbocycles. The molecule has 0 radical (unpaired) electrons. The highest BCUT2D eigenvalue weighted by Gasteiger charge is 2.12. The van der Waals surface area contributed by atoms with Crippen molar-refractivity contribution in [3.8, 4) is 0 Å². The molecule has 0 saturated carbocycles. The van der Waals surface area contributed by atoms with Gasteiger partial charge in [-0.2, -0.15) is 11.8 Å². The SMILES string of the molecule is COC(=O)c1cn(CCN=C(N)N2CCSCC2)nn1. The molecule has 1 aromatic heterocycles. The van der Waals surface area contributed by atoms with Gasteiger partial charge in [-0.15, -0.1) is 5.10 Å². The van der Waals surface area contributed by atoms with E-state index in [1.807, 2.05) is 11.8 Å². The van der Waals surface area contributed by atoms with E-state index < -0.39 is 5.97 Å². The smallest absolute Gasteiger partial charge is 0.360 e. The van der Waals surface area contributed by atoms with Crippen LogP contribution in [-0.4, -0.2) is 70.1 Å². The van der Waals surface area contributed by atoms with E-state index in [4.69, 9.17) is 5.73 Å². The Morgan fingerprint density at radius 3 is 3.00 bits per heavy atom. The molecule has 1 saturated heterocycles. The number of methoxy groups -OCH3 is 1. The van der Waals surface area contributed by atoms with Crippen molar-refractivity contribution in [3.63, 3.8) is 0 Å². The van der Waals surface area contributed by atoms with Gasteiger partial charge in [0.05, 0.1) is 26.4 Å². The minimum Gasteiger partial charge on any atom is -0.464 e. The zero-order chi connectivity index (χ0) is 14.4. The van der Waals surface area contributed by atoms with Crippen LogP contribution in [0.25, 0.3) is 0 Å². The van der Waals surface area contributed by atoms with Crippen LogP contribution in [0.15, 0.2) is 11.2 Å². The van der Waals surface area contributed by atoms with Crippen molar-refractivity contribution in [2.75, 3.05) is 38.2 Å². The second kappa shape index (κ2) is 7.13. The monoisotopic (exact) mass is 298 g/mol. The zero-order valence-electron chi connectivity index (χ0n) is 11.4. The highest BCUT2D eigenvalue weighted by molar-refractivity contribution is 7.99. The third kappa shape index (κ3) is 3.86. The Balaban J connectivity index is 1.82. The number of esters is 1. The summed E-state index contributed by atoms with van der Waals surface area (Å²) >= 11 is 1.93. The summed E-state index contributed by atoms with van der Waals surface area (Å²) in [6.07, 6.45) is 1.54. The molecular formula is C11H18N6O2S. The van der Waals surface area contributed by atoms with Crippen LogP contribution in [0.2, 0.25) is 0 Å². The minimum atomic E-state index is -0.495. The van der Waals surface area contributed by atoms with Gasteiger partial charge in [0.25, 0.3) is 0 Å². The first-order chi connectivity index (χ1) is 9.70. The summed E-state index contributed by atoms with van der Waals surface area (Å²) in [5.41, 5.74) is 6.13. The van der Waals surface area contributed by atoms with E-state index in [0.717, 1.165) is 24.6 Å². The van der Waals surface area contributed by atoms with Gasteiger partial charge in [-0.05, 0) is 0 Å². The minimum absolute atomic E-state index is 0.192. The Morgan fingerprint density at radius 1 is 1.55 bits per heavy atom. The van der Waals surface area contributed by atoms with Crippen molar-refractivity contribution < 1.29 is 9.53 Å². The second-order valence-electron chi connectivity index (χ2n) is 4.20. The predicted octanol–water partition coefficient (Wildman–Crippen LogP) is -0.572. The van der Waals surface area contributed by atoms with Crippen molar-refractivity contribution in [2.45, 2.75) is 6.54 Å². The largest absolute Gasteiger partial charge is 0.464 e. The quantitative estimate of drug-likeness (QED) is 0.451. The molecule has 0 bridgehead atoms. The summed E-state index contributed by atoms with van der Waals surface area (Å²) in [4.78, 5) is 17.6. The highest BCUT2D eigenvalue weighted by atomic mass is 32.2. The molecule has 0 atom stereocenters. The number of nitrogens with zero attached hydrogens (tertiary/aromatic N) is 5. The van der Waals surface area contributed by atoms with E-state index in [-0.39, 0.29) is 5.69 Å². The van der Waals surface area contributed by atoms with E-state index in [1.54, 1.807) is 4.68 Å². The average molecular weight is 298 g/mol. The summed E-state index contributed by atoms with van der Waals surface area (Å²) < 4.78 is 6.11. The van der Waals surface area contributed by atoms with Crippen molar-refractivity contribution in [1.29, 1.82) is 0 Å². The van der Waals surface area contributed by atoms with Gasteiger partial charge in [0.2, 0.25) is 0 Å². The number of hydrogen-bond donors (Lipinski definition) is 1. The van der Waals surface area contributed by atoms with Crippen LogP contribution in [0.4, 0.5) is 0 Å². The van der Waals surface area contributed by atoms with E-state index in [9.17, 15) is 4.79 Å². The van der Waals surface area contributed by atoms with Crippen molar-refractivity contribution in [1.82, 2.24) is 19.9 Å². The number of hydrogen-bond acceptors (Lipinski definition) is 6. The lowest BCUT2D eigenvalue weighted by atomic mass is 10.5. The van der Waals surface area contributed by atoms with Crippen LogP contribution in [0.1, 0.15) is 10.5 Å². The van der Waals surface area contributed by atoms with Crippen LogP contribution >= 0.6 is 11.8 Å². The van der Waals surface area contributed by atoms with Crippen LogP contribution < -0.4 is 5.73 Å². The number of carbonyl (C=O) groups excluding carboxylic acids is 1. The van der Waals surface area contributed by atoms with Crippen molar-refractivity contribution >= 4 is 23.7 Å². The van der Waals surface area contributed by atoms with Crippen molar-refractivity contribution in [2.24, 2.45) is 10.7 Å². The standard InChI is InChI=1S/C11H18N6O2S/c1-19-10(18)9-8-17(15-14-9)3-2-13-11(12)16-4-6-20-7-5-16/h8H,2-7H2,1H3,(H2,12,13). The maximum absolute atomic E-state index is 11.2. The molecule has 0 spiro atoms. The van der Waals surface area contributed by atoms with E-state index in [0.29, 0.717) is 19.0 Å². The maximum Gasteiger partial charge on any atom is 0.360 e. The second-order valence-corrected chi connectivity index (χ2v) is 5.42. The Hall–Kier alpha value is -1.77. The summed E-state index contributed by atoms with van der Waals surface area (Å²) in [5.74, 6) is 2.24. The molecule has 9 heteroatoms. The normalized spacial score (nSPS) is 16.2. The van der Waals surface area contributed by atoms with Gasteiger partial charge in [0.15, 0.2) is 11.7 Å². The molecule has 1 aliphatic rings. The molecule has 2 heterocycles. The fourth-order valence-corrected chi connectivity index (χ4v) is 2.67. The van der Waals surface area contributed by atoms with Gasteiger partial charge in [0.1, 0.15) is 0 Å². The number of carbonyl (C=O) groups is 1. The molecule has 1 aromatic rings. The molecule has 110 valence electrons. The Kier molecular flexibility index (Phi) is 5.22. The van der Waals surface area contributed by atoms with Crippen LogP contribution in [0.3, 0.4) is 0 Å². The van der Waals surface area contributed by atoms with Crippen LogP contribution in [0.5, 0.6) is 0 Å². The molecule has 2 N–H and O–H groups in total. The fraction of sp³-hybridized carbons (Fsp3) is 0.636. The molecule has 8 nitrogen and oxygen atoms in total. The topological polar surface area (TPSA) is 98.6 Å². The summed E-state index contributed by atoms with van der Waals surface area (Å²) in [5, 5.41) is 7.55. The van der Waals surface area contributed by atoms with E-state index in [2.05, 4.69) is 24.9 Å². The highest BCUT2D eigenvalue weighted by Crippen LogP contribution is 2.08. The number of guanidine groups is 1. The number of aliphatic imine (C=N–C) groups is 1. The molecule has 1 fully saturated rings. The van der Waals surface area contributed by atoms with Gasteiger partial charge in [-0.25, -0.2) is 9.48 Å². The lowest BCUT2D eigenvalue weighted by Gasteiger charge is -2.27. The number of nitrogens with two attached hydrogens (primary N) is 1. The average Bonchev–Trinajstić information content (AvgIpc) is 2.96. The number of aromatic nitrogens is 3. The number of ether oxygens (including phenoxy) is 1. The lowest BCUT2D eigenvalue weighted by Crippen LogP contribution is -2.42. The summed E-state index contributed by atoms with van der Waals surface area (Å²) in [6.45, 7) is 2.90. The Bertz CT molecular complexity index is 483. The van der Waals surface area contributed by atoms with Gasteiger partial charge < -0.3 is 15.4 Å². The molecular weight excluding hydrogens is 280 g/mol. The van der Waals surface area contributed by atoms with Crippen LogP contribution in [0, 0.1) is 0 Å². The maximum atomic E-state index is 11.2. The van der Waals surface area contributed by atoms with Gasteiger partial charge >= 0.3 is 5.97 Å². The van der Waals surface area contributed by atoms with E-state index in [1.165, 1.54) is 13.3 Å². The van der Waals surface area contributed by atoms with Gasteiger partial charge in [-0.1, -0.05) is 5.21 Å². The van der Waals surface area contributed by atoms with Gasteiger partial charge in [-0.3, -0.25) is 4.99 Å². The Morgan fingerprint density at radius 2 is 2.30 bits per heavy atom. The fourth-order valence-electron chi connectivity index (χ4n) is 1.77. The molecule has 0 unspecified atom stereocenters. The summed E-state index contributed by atoms with van der Waals surface area (Å²) in [7, 11) is 1.31. The third-order valence-electron chi connectivity index (χ3n) is 2.87. The van der Waals surface area contributed by atoms with Gasteiger partial charge in [0, 0.05) is 24.6 Å². The molecule has 0 aromatic carbocycles. The first kappa shape index (κ1) is 14.6. The third-order valence-corrected chi connectivity index (χ3v) is 3.81. The number of rotatable bonds is 4. The number of thioether (sulfide) groups is 1. The van der Waals surface area contributed by atoms with Crippen LogP contribution in [-0.2, 0) is 11.3 Å². The zero-order valence-corrected chi connectivity index (χ0v) is 12.2. The Labute approximate surface area is 121 Å².